The van der Waals surface area contributed by atoms with Gasteiger partial charge in [-0.3, -0.25) is 4.52 Å². The molecule has 0 aliphatic carbocycles. The minimum absolute atomic E-state index is 0.214. The van der Waals surface area contributed by atoms with Crippen molar-refractivity contribution < 1.29 is 46.7 Å². The molecule has 0 aromatic heterocycles. The first-order valence-corrected chi connectivity index (χ1v) is 14.2. The average molecular weight is 593 g/mol. The van der Waals surface area contributed by atoms with Crippen LogP contribution in [0, 0.1) is 0 Å². The van der Waals surface area contributed by atoms with E-state index in [-0.39, 0.29) is 22.6 Å². The molecule has 0 spiro atoms. The molecule has 0 saturated heterocycles. The molecule has 0 fully saturated rings. The second kappa shape index (κ2) is 14.7. The Kier molecular flexibility index (Phi) is 10.6. The van der Waals surface area contributed by atoms with Crippen molar-refractivity contribution >= 4 is 19.8 Å². The van der Waals surface area contributed by atoms with Crippen LogP contribution in [0.3, 0.4) is 0 Å². The van der Waals surface area contributed by atoms with Crippen molar-refractivity contribution in [2.75, 3.05) is 27.4 Å². The topological polar surface area (TPSA) is 116 Å². The maximum Gasteiger partial charge on any atom is 0.587 e. The number of benzene rings is 4. The molecule has 0 aliphatic heterocycles. The van der Waals surface area contributed by atoms with Crippen molar-refractivity contribution in [3.63, 3.8) is 0 Å². The minimum Gasteiger partial charge on any atom is -0.497 e. The van der Waals surface area contributed by atoms with E-state index in [1.54, 1.807) is 84.9 Å². The molecule has 4 aromatic rings. The Bertz CT molecular complexity index is 1430. The molecule has 0 unspecified atom stereocenters. The van der Waals surface area contributed by atoms with Gasteiger partial charge in [0.05, 0.1) is 25.3 Å². The molecule has 0 amide bonds. The zero-order valence-corrected chi connectivity index (χ0v) is 23.8. The molecule has 10 nitrogen and oxygen atoms in total. The SMILES string of the molecule is COc1ccc(C(=O)OC[C@H](COP(=O)(Oc2ccccc2)Oc2ccccc2)OC(=O)c2ccc(OC)cc2)cc1. The predicted octanol–water partition coefficient (Wildman–Crippen LogP) is 6.37. The van der Waals surface area contributed by atoms with Crippen molar-refractivity contribution in [2.45, 2.75) is 6.10 Å². The molecule has 4 aromatic carbocycles. The van der Waals surface area contributed by atoms with Crippen LogP contribution in [-0.4, -0.2) is 45.5 Å². The van der Waals surface area contributed by atoms with E-state index in [2.05, 4.69) is 0 Å². The molecule has 218 valence electrons. The molecule has 0 saturated carbocycles. The van der Waals surface area contributed by atoms with Crippen molar-refractivity contribution in [3.05, 3.63) is 120 Å². The van der Waals surface area contributed by atoms with Crippen molar-refractivity contribution in [1.29, 1.82) is 0 Å². The quantitative estimate of drug-likeness (QED) is 0.121. The minimum atomic E-state index is -4.32. The monoisotopic (exact) mass is 592 g/mol. The van der Waals surface area contributed by atoms with E-state index in [0.29, 0.717) is 11.5 Å². The summed E-state index contributed by atoms with van der Waals surface area (Å²) < 4.78 is 51.9. The zero-order chi connectivity index (χ0) is 29.8. The molecule has 0 heterocycles. The summed E-state index contributed by atoms with van der Waals surface area (Å²) in [6.45, 7) is -0.905. The van der Waals surface area contributed by atoms with Gasteiger partial charge in [0, 0.05) is 0 Å². The lowest BCUT2D eigenvalue weighted by Crippen LogP contribution is -2.30. The molecule has 0 aliphatic rings. The number of esters is 2. The summed E-state index contributed by atoms with van der Waals surface area (Å²) in [5, 5.41) is 0. The average Bonchev–Trinajstić information content (AvgIpc) is 3.03. The fraction of sp³-hybridized carbons (Fsp3) is 0.161. The fourth-order valence-electron chi connectivity index (χ4n) is 3.51. The lowest BCUT2D eigenvalue weighted by atomic mass is 10.2. The number of carbonyl (C=O) groups is 2. The Balaban J connectivity index is 1.51. The van der Waals surface area contributed by atoms with Crippen LogP contribution in [-0.2, 0) is 18.6 Å². The van der Waals surface area contributed by atoms with Crippen molar-refractivity contribution in [3.8, 4) is 23.0 Å². The molecular formula is C31H29O10P. The van der Waals surface area contributed by atoms with E-state index in [9.17, 15) is 14.2 Å². The van der Waals surface area contributed by atoms with E-state index in [1.165, 1.54) is 38.5 Å². The molecular weight excluding hydrogens is 563 g/mol. The summed E-state index contributed by atoms with van der Waals surface area (Å²) in [5.41, 5.74) is 0.467. The van der Waals surface area contributed by atoms with Gasteiger partial charge < -0.3 is 28.0 Å². The number of methoxy groups -OCH3 is 2. The van der Waals surface area contributed by atoms with Crippen LogP contribution >= 0.6 is 7.82 Å². The molecule has 0 bridgehead atoms. The summed E-state index contributed by atoms with van der Waals surface area (Å²) in [6, 6.07) is 29.2. The van der Waals surface area contributed by atoms with Crippen LogP contribution in [0.15, 0.2) is 109 Å². The third-order valence-electron chi connectivity index (χ3n) is 5.66. The highest BCUT2D eigenvalue weighted by molar-refractivity contribution is 7.49. The van der Waals surface area contributed by atoms with Gasteiger partial charge in [-0.05, 0) is 72.8 Å². The van der Waals surface area contributed by atoms with E-state index in [4.69, 9.17) is 32.5 Å². The van der Waals surface area contributed by atoms with Crippen LogP contribution in [0.2, 0.25) is 0 Å². The highest BCUT2D eigenvalue weighted by atomic mass is 31.2. The highest BCUT2D eigenvalue weighted by Gasteiger charge is 2.33. The van der Waals surface area contributed by atoms with Crippen molar-refractivity contribution in [1.82, 2.24) is 0 Å². The fourth-order valence-corrected chi connectivity index (χ4v) is 4.76. The normalized spacial score (nSPS) is 11.6. The molecule has 0 N–H and O–H groups in total. The Morgan fingerprint density at radius 2 is 1.05 bits per heavy atom. The van der Waals surface area contributed by atoms with Gasteiger partial charge in [-0.1, -0.05) is 36.4 Å². The van der Waals surface area contributed by atoms with Crippen LogP contribution in [0.1, 0.15) is 20.7 Å². The van der Waals surface area contributed by atoms with E-state index >= 15 is 0 Å². The standard InChI is InChI=1S/C31H29O10P/c1-35-25-17-13-23(14-18-25)30(32)37-21-29(39-31(33)24-15-19-26(36-2)20-16-24)22-38-42(34,40-27-9-5-3-6-10-27)41-28-11-7-4-8-12-28/h3-20,29H,21-22H2,1-2H3/t29-/m1/s1. The van der Waals surface area contributed by atoms with Gasteiger partial charge in [0.2, 0.25) is 0 Å². The lowest BCUT2D eigenvalue weighted by molar-refractivity contribution is -0.0162. The van der Waals surface area contributed by atoms with Gasteiger partial charge in [0.25, 0.3) is 0 Å². The Hall–Kier alpha value is -4.79. The third kappa shape index (κ3) is 8.86. The van der Waals surface area contributed by atoms with Gasteiger partial charge in [0.1, 0.15) is 36.2 Å². The maximum atomic E-state index is 13.8. The summed E-state index contributed by atoms with van der Waals surface area (Å²) in [5.74, 6) is 0.182. The van der Waals surface area contributed by atoms with E-state index < -0.39 is 39.1 Å². The first-order valence-electron chi connectivity index (χ1n) is 12.8. The summed E-state index contributed by atoms with van der Waals surface area (Å²) in [4.78, 5) is 25.6. The highest BCUT2D eigenvalue weighted by Crippen LogP contribution is 2.49. The summed E-state index contributed by atoms with van der Waals surface area (Å²) >= 11 is 0. The molecule has 4 rings (SSSR count). The lowest BCUT2D eigenvalue weighted by Gasteiger charge is -2.22. The van der Waals surface area contributed by atoms with Gasteiger partial charge in [-0.15, -0.1) is 0 Å². The second-order valence-corrected chi connectivity index (χ2v) is 10.2. The van der Waals surface area contributed by atoms with Gasteiger partial charge in [-0.25, -0.2) is 14.2 Å². The first kappa shape index (κ1) is 30.2. The van der Waals surface area contributed by atoms with Crippen LogP contribution in [0.5, 0.6) is 23.0 Å². The molecule has 1 atom stereocenters. The van der Waals surface area contributed by atoms with E-state index in [1.807, 2.05) is 0 Å². The first-order chi connectivity index (χ1) is 20.4. The number of hydrogen-bond donors (Lipinski definition) is 0. The summed E-state index contributed by atoms with van der Waals surface area (Å²) in [6.07, 6.45) is -1.19. The molecule has 11 heteroatoms. The van der Waals surface area contributed by atoms with Crippen LogP contribution in [0.25, 0.3) is 0 Å². The van der Waals surface area contributed by atoms with Gasteiger partial charge >= 0.3 is 19.8 Å². The third-order valence-corrected chi connectivity index (χ3v) is 7.00. The number of hydrogen-bond acceptors (Lipinski definition) is 10. The number of phosphoric acid groups is 1. The van der Waals surface area contributed by atoms with Crippen molar-refractivity contribution in [2.24, 2.45) is 0 Å². The number of para-hydroxylation sites is 2. The maximum absolute atomic E-state index is 13.8. The second-order valence-electron chi connectivity index (χ2n) is 8.63. The number of rotatable bonds is 14. The van der Waals surface area contributed by atoms with E-state index in [0.717, 1.165) is 0 Å². The zero-order valence-electron chi connectivity index (χ0n) is 22.9. The Labute approximate surface area is 243 Å². The van der Waals surface area contributed by atoms with Crippen LogP contribution < -0.4 is 18.5 Å². The number of carbonyl (C=O) groups excluding carboxylic acids is 2. The summed E-state index contributed by atoms with van der Waals surface area (Å²) in [7, 11) is -1.30. The number of phosphoric ester groups is 1. The largest absolute Gasteiger partial charge is 0.587 e. The number of ether oxygens (including phenoxy) is 4. The smallest absolute Gasteiger partial charge is 0.497 e. The Morgan fingerprint density at radius 1 is 0.595 bits per heavy atom. The Morgan fingerprint density at radius 3 is 1.50 bits per heavy atom. The van der Waals surface area contributed by atoms with Crippen LogP contribution in [0.4, 0.5) is 0 Å². The molecule has 0 radical (unpaired) electrons. The predicted molar refractivity (Wildman–Crippen MR) is 153 cm³/mol. The molecule has 42 heavy (non-hydrogen) atoms. The van der Waals surface area contributed by atoms with Gasteiger partial charge in [0.15, 0.2) is 6.10 Å². The van der Waals surface area contributed by atoms with Gasteiger partial charge in [-0.2, -0.15) is 0 Å².